The molecule has 2 unspecified atom stereocenters. The third-order valence-corrected chi connectivity index (χ3v) is 32.5. The summed E-state index contributed by atoms with van der Waals surface area (Å²) in [5.74, 6) is 2.54. The molecule has 0 bridgehead atoms. The predicted octanol–water partition coefficient (Wildman–Crippen LogP) is 13.1. The summed E-state index contributed by atoms with van der Waals surface area (Å²) in [7, 11) is 14.6. The normalized spacial score (nSPS) is 16.9. The number of benzene rings is 4. The van der Waals surface area contributed by atoms with Crippen molar-refractivity contribution < 1.29 is 27.4 Å². The third kappa shape index (κ3) is 6.24. The van der Waals surface area contributed by atoms with Crippen molar-refractivity contribution in [2.45, 2.75) is 51.6 Å². The molecule has 2 atom stereocenters. The van der Waals surface area contributed by atoms with Crippen LogP contribution >= 0.6 is 17.0 Å². The van der Waals surface area contributed by atoms with E-state index in [1.807, 2.05) is 0 Å². The molecule has 6 aromatic rings. The Hall–Kier alpha value is -3.40. The van der Waals surface area contributed by atoms with Gasteiger partial charge in [-0.3, -0.25) is 0 Å². The van der Waals surface area contributed by atoms with Crippen molar-refractivity contribution >= 4 is 46.2 Å². The minimum absolute atomic E-state index is 0.181. The average molecular weight is 790 g/mol. The van der Waals surface area contributed by atoms with E-state index in [0.717, 1.165) is 35.1 Å². The van der Waals surface area contributed by atoms with Gasteiger partial charge in [0.2, 0.25) is 0 Å². The number of hydrogen-bond donors (Lipinski definition) is 0. The molecule has 6 heteroatoms. The molecule has 2 heterocycles. The Bertz CT molecular complexity index is 2070. The molecule has 0 amide bonds. The van der Waals surface area contributed by atoms with Crippen molar-refractivity contribution in [3.05, 3.63) is 166 Å². The number of rotatable bonds is 9. The van der Waals surface area contributed by atoms with E-state index in [0.29, 0.717) is 0 Å². The second kappa shape index (κ2) is 14.0. The summed E-state index contributed by atoms with van der Waals surface area (Å²) in [6.45, 7) is 8.37. The first-order valence-electron chi connectivity index (χ1n) is 17.4. The molecule has 50 heavy (non-hydrogen) atoms. The maximum atomic E-state index is 7.29. The van der Waals surface area contributed by atoms with Crippen molar-refractivity contribution in [2.75, 3.05) is 0 Å². The van der Waals surface area contributed by atoms with E-state index in [9.17, 15) is 0 Å². The molecular formula is C44H39Cl2O2SiZr. The number of furan rings is 2. The molecule has 2 aliphatic rings. The van der Waals surface area contributed by atoms with Crippen molar-refractivity contribution in [2.24, 2.45) is 0 Å². The van der Waals surface area contributed by atoms with Crippen molar-refractivity contribution in [1.82, 2.24) is 0 Å². The van der Waals surface area contributed by atoms with E-state index in [1.54, 1.807) is 0 Å². The van der Waals surface area contributed by atoms with Gasteiger partial charge >= 0.3 is 313 Å². The predicted molar refractivity (Wildman–Crippen MR) is 210 cm³/mol. The van der Waals surface area contributed by atoms with E-state index in [-0.39, 0.29) is 11.8 Å². The van der Waals surface area contributed by atoms with Crippen LogP contribution in [0.4, 0.5) is 0 Å². The second-order valence-electron chi connectivity index (χ2n) is 13.8. The van der Waals surface area contributed by atoms with Gasteiger partial charge in [0.25, 0.3) is 0 Å². The van der Waals surface area contributed by atoms with Crippen molar-refractivity contribution in [3.8, 4) is 22.3 Å². The SMILES string of the molecule is Cc1cc(C2=Cc3c(-c4ccccc4)cccc3C2C[SiH](CC2C(c3cc(C)c(C)o3)=Cc3c(-c4ccccc4)cccc32)[Zr]([Cl])[Cl])oc1C. The van der Waals surface area contributed by atoms with Crippen LogP contribution in [-0.4, -0.2) is 5.92 Å². The number of halogens is 2. The van der Waals surface area contributed by atoms with Crippen LogP contribution in [0.15, 0.2) is 118 Å². The van der Waals surface area contributed by atoms with Gasteiger partial charge < -0.3 is 0 Å². The van der Waals surface area contributed by atoms with Gasteiger partial charge in [-0.05, 0) is 0 Å². The number of allylic oxidation sites excluding steroid dienone is 2. The van der Waals surface area contributed by atoms with Crippen molar-refractivity contribution in [3.63, 3.8) is 0 Å². The summed E-state index contributed by atoms with van der Waals surface area (Å²) in [5, 5.41) is 0. The Labute approximate surface area is 310 Å². The monoisotopic (exact) mass is 787 g/mol. The van der Waals surface area contributed by atoms with Gasteiger partial charge in [0.05, 0.1) is 0 Å². The Morgan fingerprint density at radius 3 is 1.34 bits per heavy atom. The van der Waals surface area contributed by atoms with E-state index < -0.39 is 24.4 Å². The van der Waals surface area contributed by atoms with E-state index in [2.05, 4.69) is 149 Å². The third-order valence-electron chi connectivity index (χ3n) is 10.8. The summed E-state index contributed by atoms with van der Waals surface area (Å²) in [4.78, 5) is 0. The topological polar surface area (TPSA) is 26.3 Å². The molecule has 2 nitrogen and oxygen atoms in total. The molecular weight excluding hydrogens is 751 g/mol. The van der Waals surface area contributed by atoms with Crippen LogP contribution in [0.25, 0.3) is 45.6 Å². The van der Waals surface area contributed by atoms with Gasteiger partial charge in [0.1, 0.15) is 0 Å². The van der Waals surface area contributed by atoms with Crippen LogP contribution in [-0.2, 0) is 18.5 Å². The molecule has 0 fully saturated rings. The van der Waals surface area contributed by atoms with Gasteiger partial charge in [0, 0.05) is 0 Å². The summed E-state index contributed by atoms with van der Waals surface area (Å²) < 4.78 is 12.9. The molecule has 2 aliphatic carbocycles. The zero-order chi connectivity index (χ0) is 34.5. The molecule has 0 spiro atoms. The fourth-order valence-corrected chi connectivity index (χ4v) is 23.1. The molecule has 0 aliphatic heterocycles. The molecule has 0 saturated heterocycles. The van der Waals surface area contributed by atoms with Gasteiger partial charge in [-0.25, -0.2) is 0 Å². The minimum atomic E-state index is -2.73. The summed E-state index contributed by atoms with van der Waals surface area (Å²) >= 11 is -2.73. The van der Waals surface area contributed by atoms with E-state index >= 15 is 0 Å². The number of fused-ring (bicyclic) bond motifs is 2. The Kier molecular flexibility index (Phi) is 9.42. The zero-order valence-corrected chi connectivity index (χ0v) is 33.9. The molecule has 8 rings (SSSR count). The number of aryl methyl sites for hydroxylation is 4. The Balaban J connectivity index is 1.21. The van der Waals surface area contributed by atoms with Crippen LogP contribution in [0.3, 0.4) is 0 Å². The van der Waals surface area contributed by atoms with Gasteiger partial charge in [-0.15, -0.1) is 0 Å². The average Bonchev–Trinajstić information content (AvgIpc) is 3.88. The summed E-state index contributed by atoms with van der Waals surface area (Å²) in [6.07, 6.45) is 4.77. The second-order valence-corrected chi connectivity index (χ2v) is 37.3. The first-order valence-corrected chi connectivity index (χ1v) is 30.2. The Morgan fingerprint density at radius 1 is 0.560 bits per heavy atom. The maximum absolute atomic E-state index is 7.29. The van der Waals surface area contributed by atoms with Crippen LogP contribution < -0.4 is 0 Å². The molecule has 2 aromatic heterocycles. The standard InChI is InChI=1S/C44H39O2Si.2ClH.Zr/c1-27-21-43(45-29(27)3)39-23-37-33(31-13-7-5-8-14-31)17-11-19-35(37)41(39)25-47-26-42-36-20-12-18-34(32-15-9-6-10-16-32)38(36)24-40(42)44-22-28(2)30(4)46-44;;;/h5-24,41-42,47H,25-26H2,1-4H3;2*1H;/q;;;+2/p-2. The van der Waals surface area contributed by atoms with Crippen LogP contribution in [0, 0.1) is 27.7 Å². The van der Waals surface area contributed by atoms with Gasteiger partial charge in [-0.1, -0.05) is 0 Å². The fraction of sp³-hybridized carbons (Fsp3) is 0.182. The summed E-state index contributed by atoms with van der Waals surface area (Å²) in [5.41, 5.74) is 15.1. The van der Waals surface area contributed by atoms with E-state index in [4.69, 9.17) is 25.9 Å². The van der Waals surface area contributed by atoms with Crippen LogP contribution in [0.1, 0.15) is 68.3 Å². The summed E-state index contributed by atoms with van der Waals surface area (Å²) in [6, 6.07) is 41.4. The van der Waals surface area contributed by atoms with Crippen LogP contribution in [0.2, 0.25) is 12.1 Å². The Morgan fingerprint density at radius 2 is 0.980 bits per heavy atom. The fourth-order valence-electron chi connectivity index (χ4n) is 7.95. The molecule has 4 aromatic carbocycles. The van der Waals surface area contributed by atoms with E-state index in [1.165, 1.54) is 66.8 Å². The zero-order valence-electron chi connectivity index (χ0n) is 28.8. The quantitative estimate of drug-likeness (QED) is 0.136. The van der Waals surface area contributed by atoms with Crippen LogP contribution in [0.5, 0.6) is 0 Å². The van der Waals surface area contributed by atoms with Crippen molar-refractivity contribution in [1.29, 1.82) is 0 Å². The first-order chi connectivity index (χ1) is 24.3. The van der Waals surface area contributed by atoms with Gasteiger partial charge in [-0.2, -0.15) is 0 Å². The molecule has 0 N–H and O–H groups in total. The van der Waals surface area contributed by atoms with Gasteiger partial charge in [0.15, 0.2) is 0 Å². The molecule has 0 radical (unpaired) electrons. The number of hydrogen-bond acceptors (Lipinski definition) is 2. The first kappa shape index (κ1) is 33.7. The molecule has 249 valence electrons. The molecule has 0 saturated carbocycles.